The summed E-state index contributed by atoms with van der Waals surface area (Å²) in [5.74, 6) is -0.518. The highest BCUT2D eigenvalue weighted by Crippen LogP contribution is 2.15. The van der Waals surface area contributed by atoms with Crippen molar-refractivity contribution in [3.05, 3.63) is 90.0 Å². The Bertz CT molecular complexity index is 835. The monoisotopic (exact) mass is 335 g/mol. The molecule has 0 saturated carbocycles. The largest absolute Gasteiger partial charge is 0.381 e. The minimum Gasteiger partial charge on any atom is -0.381 e. The van der Waals surface area contributed by atoms with Crippen LogP contribution in [0.1, 0.15) is 11.1 Å². The molecule has 0 saturated heterocycles. The second kappa shape index (κ2) is 8.06. The van der Waals surface area contributed by atoms with E-state index in [4.69, 9.17) is 0 Å². The van der Waals surface area contributed by atoms with Crippen LogP contribution in [0.2, 0.25) is 0 Å². The van der Waals surface area contributed by atoms with Crippen LogP contribution in [-0.4, -0.2) is 10.9 Å². The van der Waals surface area contributed by atoms with Crippen molar-refractivity contribution in [3.8, 4) is 0 Å². The molecule has 0 radical (unpaired) electrons. The first-order chi connectivity index (χ1) is 12.2. The number of nitrogens with zero attached hydrogens (tertiary/aromatic N) is 1. The molecule has 0 atom stereocenters. The third kappa shape index (κ3) is 5.14. The van der Waals surface area contributed by atoms with Crippen LogP contribution in [0, 0.1) is 5.82 Å². The second-order valence-electron chi connectivity index (χ2n) is 5.65. The van der Waals surface area contributed by atoms with Gasteiger partial charge in [0.25, 0.3) is 0 Å². The number of benzene rings is 2. The first-order valence-electron chi connectivity index (χ1n) is 7.96. The van der Waals surface area contributed by atoms with E-state index in [0.29, 0.717) is 17.8 Å². The van der Waals surface area contributed by atoms with Gasteiger partial charge in [0, 0.05) is 30.3 Å². The molecule has 126 valence electrons. The van der Waals surface area contributed by atoms with E-state index in [1.54, 1.807) is 18.3 Å². The lowest BCUT2D eigenvalue weighted by atomic mass is 10.1. The highest BCUT2D eigenvalue weighted by molar-refractivity contribution is 5.92. The van der Waals surface area contributed by atoms with Crippen molar-refractivity contribution in [2.24, 2.45) is 0 Å². The normalized spacial score (nSPS) is 10.3. The van der Waals surface area contributed by atoms with Gasteiger partial charge in [-0.2, -0.15) is 0 Å². The molecule has 5 heteroatoms. The van der Waals surface area contributed by atoms with E-state index >= 15 is 0 Å². The molecule has 25 heavy (non-hydrogen) atoms. The molecule has 0 aliphatic rings. The number of anilines is 2. The van der Waals surface area contributed by atoms with Crippen LogP contribution in [0.4, 0.5) is 15.8 Å². The number of rotatable bonds is 6. The van der Waals surface area contributed by atoms with Gasteiger partial charge >= 0.3 is 0 Å². The van der Waals surface area contributed by atoms with Gasteiger partial charge in [0.2, 0.25) is 5.91 Å². The Balaban J connectivity index is 1.52. The van der Waals surface area contributed by atoms with Gasteiger partial charge in [-0.1, -0.05) is 18.2 Å². The summed E-state index contributed by atoms with van der Waals surface area (Å²) in [6, 6.07) is 17.4. The van der Waals surface area contributed by atoms with Crippen LogP contribution >= 0.6 is 0 Å². The molecule has 2 aromatic carbocycles. The summed E-state index contributed by atoms with van der Waals surface area (Å²) in [4.78, 5) is 16.1. The fourth-order valence-corrected chi connectivity index (χ4v) is 2.42. The Hall–Kier alpha value is -3.21. The molecular formula is C20H18FN3O. The first-order valence-corrected chi connectivity index (χ1v) is 7.96. The summed E-state index contributed by atoms with van der Waals surface area (Å²) in [6.07, 6.45) is 3.69. The zero-order valence-corrected chi connectivity index (χ0v) is 13.6. The van der Waals surface area contributed by atoms with E-state index < -0.39 is 0 Å². The third-order valence-corrected chi connectivity index (χ3v) is 3.64. The standard InChI is InChI=1S/C20H18FN3O/c21-17-5-1-3-15(11-17)12-20(25)24-19-8-6-18(7-9-19)23-14-16-4-2-10-22-13-16/h1-11,13,23H,12,14H2,(H,24,25). The summed E-state index contributed by atoms with van der Waals surface area (Å²) in [5.41, 5.74) is 3.39. The Morgan fingerprint density at radius 2 is 1.72 bits per heavy atom. The number of halogens is 1. The minimum absolute atomic E-state index is 0.138. The number of amides is 1. The molecule has 0 fully saturated rings. The molecule has 1 heterocycles. The van der Waals surface area contributed by atoms with Gasteiger partial charge in [-0.15, -0.1) is 0 Å². The molecule has 1 amide bonds. The van der Waals surface area contributed by atoms with Crippen LogP contribution in [0.15, 0.2) is 73.1 Å². The molecule has 3 aromatic rings. The molecule has 1 aromatic heterocycles. The number of hydrogen-bond donors (Lipinski definition) is 2. The highest BCUT2D eigenvalue weighted by atomic mass is 19.1. The Labute approximate surface area is 145 Å². The van der Waals surface area contributed by atoms with E-state index in [9.17, 15) is 9.18 Å². The second-order valence-corrected chi connectivity index (χ2v) is 5.65. The summed E-state index contributed by atoms with van der Waals surface area (Å²) >= 11 is 0. The van der Waals surface area contributed by atoms with Gasteiger partial charge < -0.3 is 10.6 Å². The fourth-order valence-electron chi connectivity index (χ4n) is 2.42. The third-order valence-electron chi connectivity index (χ3n) is 3.64. The van der Waals surface area contributed by atoms with Crippen LogP contribution in [0.3, 0.4) is 0 Å². The zero-order valence-electron chi connectivity index (χ0n) is 13.6. The van der Waals surface area contributed by atoms with E-state index in [1.807, 2.05) is 42.6 Å². The molecule has 0 unspecified atom stereocenters. The molecular weight excluding hydrogens is 317 g/mol. The Kier molecular flexibility index (Phi) is 5.36. The molecule has 2 N–H and O–H groups in total. The molecule has 3 rings (SSSR count). The van der Waals surface area contributed by atoms with E-state index in [2.05, 4.69) is 15.6 Å². The summed E-state index contributed by atoms with van der Waals surface area (Å²) < 4.78 is 13.1. The topological polar surface area (TPSA) is 54.0 Å². The summed E-state index contributed by atoms with van der Waals surface area (Å²) in [6.45, 7) is 0.680. The van der Waals surface area contributed by atoms with Gasteiger partial charge in [0.05, 0.1) is 6.42 Å². The average Bonchev–Trinajstić information content (AvgIpc) is 2.62. The van der Waals surface area contributed by atoms with Gasteiger partial charge in [-0.25, -0.2) is 4.39 Å². The van der Waals surface area contributed by atoms with Crippen molar-refractivity contribution < 1.29 is 9.18 Å². The van der Waals surface area contributed by atoms with Crippen molar-refractivity contribution >= 4 is 17.3 Å². The smallest absolute Gasteiger partial charge is 0.228 e. The molecule has 0 aliphatic carbocycles. The summed E-state index contributed by atoms with van der Waals surface area (Å²) in [7, 11) is 0. The maximum Gasteiger partial charge on any atom is 0.228 e. The Morgan fingerprint density at radius 3 is 2.44 bits per heavy atom. The molecule has 0 bridgehead atoms. The number of aromatic nitrogens is 1. The molecule has 0 aliphatic heterocycles. The highest BCUT2D eigenvalue weighted by Gasteiger charge is 2.05. The SMILES string of the molecule is O=C(Cc1cccc(F)c1)Nc1ccc(NCc2cccnc2)cc1. The minimum atomic E-state index is -0.339. The van der Waals surface area contributed by atoms with Crippen LogP contribution < -0.4 is 10.6 Å². The zero-order chi connectivity index (χ0) is 17.5. The first kappa shape index (κ1) is 16.6. The maximum atomic E-state index is 13.1. The number of carbonyl (C=O) groups excluding carboxylic acids is 1. The van der Waals surface area contributed by atoms with Crippen molar-refractivity contribution in [3.63, 3.8) is 0 Å². The van der Waals surface area contributed by atoms with E-state index in [0.717, 1.165) is 11.3 Å². The maximum absolute atomic E-state index is 13.1. The molecule has 0 spiro atoms. The Morgan fingerprint density at radius 1 is 0.960 bits per heavy atom. The quantitative estimate of drug-likeness (QED) is 0.715. The summed E-state index contributed by atoms with van der Waals surface area (Å²) in [5, 5.41) is 6.10. The van der Waals surface area contributed by atoms with Crippen LogP contribution in [0.25, 0.3) is 0 Å². The van der Waals surface area contributed by atoms with Gasteiger partial charge in [0.15, 0.2) is 0 Å². The predicted octanol–water partition coefficient (Wildman–Crippen LogP) is 4.01. The lowest BCUT2D eigenvalue weighted by Gasteiger charge is -2.09. The van der Waals surface area contributed by atoms with Crippen LogP contribution in [0.5, 0.6) is 0 Å². The van der Waals surface area contributed by atoms with Crippen LogP contribution in [-0.2, 0) is 17.8 Å². The number of carbonyl (C=O) groups is 1. The van der Waals surface area contributed by atoms with Gasteiger partial charge in [-0.05, 0) is 53.6 Å². The van der Waals surface area contributed by atoms with Crippen molar-refractivity contribution in [2.75, 3.05) is 10.6 Å². The van der Waals surface area contributed by atoms with Gasteiger partial charge in [0.1, 0.15) is 5.82 Å². The predicted molar refractivity (Wildman–Crippen MR) is 96.7 cm³/mol. The number of nitrogens with one attached hydrogen (secondary N) is 2. The van der Waals surface area contributed by atoms with Gasteiger partial charge in [-0.3, -0.25) is 9.78 Å². The number of hydrogen-bond acceptors (Lipinski definition) is 3. The van der Waals surface area contributed by atoms with E-state index in [1.165, 1.54) is 12.1 Å². The van der Waals surface area contributed by atoms with Crippen molar-refractivity contribution in [2.45, 2.75) is 13.0 Å². The molecule has 4 nitrogen and oxygen atoms in total. The average molecular weight is 335 g/mol. The lowest BCUT2D eigenvalue weighted by Crippen LogP contribution is -2.14. The van der Waals surface area contributed by atoms with E-state index in [-0.39, 0.29) is 18.1 Å². The number of pyridine rings is 1. The van der Waals surface area contributed by atoms with Crippen molar-refractivity contribution in [1.29, 1.82) is 0 Å². The van der Waals surface area contributed by atoms with Crippen molar-refractivity contribution in [1.82, 2.24) is 4.98 Å². The fraction of sp³-hybridized carbons (Fsp3) is 0.100. The lowest BCUT2D eigenvalue weighted by molar-refractivity contribution is -0.115.